The number of ether oxygens (including phenoxy) is 1. The van der Waals surface area contributed by atoms with Gasteiger partial charge in [-0.25, -0.2) is 14.6 Å². The highest BCUT2D eigenvalue weighted by molar-refractivity contribution is 5.78. The van der Waals surface area contributed by atoms with Crippen LogP contribution >= 0.6 is 0 Å². The Balaban J connectivity index is 1.09. The number of hydrogen-bond donors (Lipinski definition) is 4. The second kappa shape index (κ2) is 11.1. The third kappa shape index (κ3) is 5.16. The summed E-state index contributed by atoms with van der Waals surface area (Å²) >= 11 is 0. The summed E-state index contributed by atoms with van der Waals surface area (Å²) in [4.78, 5) is 22.4. The van der Waals surface area contributed by atoms with Gasteiger partial charge in [-0.3, -0.25) is 0 Å². The summed E-state index contributed by atoms with van der Waals surface area (Å²) in [5.74, 6) is 2.39. The smallest absolute Gasteiger partial charge is 0.218 e. The normalized spacial score (nSPS) is 14.0. The van der Waals surface area contributed by atoms with Crippen molar-refractivity contribution in [3.63, 3.8) is 0 Å². The molecule has 0 aliphatic carbocycles. The Kier molecular flexibility index (Phi) is 6.55. The average Bonchev–Trinajstić information content (AvgIpc) is 3.96. The van der Waals surface area contributed by atoms with Crippen LogP contribution in [0.4, 0.5) is 0 Å². The van der Waals surface area contributed by atoms with Crippen LogP contribution in [0.3, 0.4) is 0 Å². The van der Waals surface area contributed by atoms with E-state index in [1.54, 1.807) is 0 Å². The number of fused-ring (bicyclic) bond motifs is 3. The van der Waals surface area contributed by atoms with Gasteiger partial charge >= 0.3 is 0 Å². The Hall–Kier alpha value is -6.35. The number of aromatic amines is 4. The molecule has 9 nitrogen and oxygen atoms in total. The van der Waals surface area contributed by atoms with Crippen LogP contribution in [0.25, 0.3) is 68.1 Å². The maximum atomic E-state index is 6.82. The van der Waals surface area contributed by atoms with Crippen LogP contribution in [0, 0.1) is 0 Å². The molecule has 0 amide bonds. The molecule has 5 aromatic heterocycles. The number of nitrogens with zero attached hydrogens (tertiary/aromatic N) is 4. The van der Waals surface area contributed by atoms with Crippen molar-refractivity contribution < 1.29 is 4.74 Å². The quantitative estimate of drug-likeness (QED) is 0.145. The zero-order valence-corrected chi connectivity index (χ0v) is 27.3. The van der Waals surface area contributed by atoms with Gasteiger partial charge in [0.15, 0.2) is 11.6 Å². The summed E-state index contributed by atoms with van der Waals surface area (Å²) in [5.41, 5.74) is 12.0. The molecule has 0 radical (unpaired) electrons. The van der Waals surface area contributed by atoms with Gasteiger partial charge in [-0.15, -0.1) is 0 Å². The van der Waals surface area contributed by atoms with E-state index in [0.717, 1.165) is 79.4 Å². The lowest BCUT2D eigenvalue weighted by atomic mass is 9.86. The minimum Gasteiger partial charge on any atom is -0.464 e. The first-order valence-corrected chi connectivity index (χ1v) is 16.4. The maximum Gasteiger partial charge on any atom is 0.218 e. The Labute approximate surface area is 283 Å². The molecule has 9 rings (SSSR count). The van der Waals surface area contributed by atoms with E-state index in [0.29, 0.717) is 0 Å². The highest BCUT2D eigenvalue weighted by Gasteiger charge is 2.30. The van der Waals surface area contributed by atoms with E-state index < -0.39 is 6.23 Å². The van der Waals surface area contributed by atoms with E-state index in [9.17, 15) is 0 Å². The summed E-state index contributed by atoms with van der Waals surface area (Å²) in [6.07, 6.45) is 7.07. The number of H-pyrrole nitrogens is 4. The number of imidazole rings is 2. The monoisotopic (exact) mass is 642 g/mol. The number of nitrogens with one attached hydrogen (secondary N) is 4. The molecule has 1 aliphatic rings. The van der Waals surface area contributed by atoms with Crippen LogP contribution in [0.5, 0.6) is 5.75 Å². The van der Waals surface area contributed by atoms with Gasteiger partial charge in [-0.05, 0) is 59.0 Å². The molecular formula is C40H34N8O. The Morgan fingerprint density at radius 3 is 1.88 bits per heavy atom. The lowest BCUT2D eigenvalue weighted by Crippen LogP contribution is -2.23. The fourth-order valence-corrected chi connectivity index (χ4v) is 6.43. The van der Waals surface area contributed by atoms with Gasteiger partial charge in [0, 0.05) is 34.6 Å². The van der Waals surface area contributed by atoms with Gasteiger partial charge < -0.3 is 24.7 Å². The molecule has 3 aromatic carbocycles. The molecule has 0 saturated heterocycles. The van der Waals surface area contributed by atoms with Crippen LogP contribution in [0.1, 0.15) is 38.1 Å². The van der Waals surface area contributed by atoms with Crippen molar-refractivity contribution in [1.82, 2.24) is 39.7 Å². The average molecular weight is 643 g/mol. The molecule has 0 spiro atoms. The van der Waals surface area contributed by atoms with E-state index in [1.165, 1.54) is 5.56 Å². The molecule has 240 valence electrons. The Morgan fingerprint density at radius 2 is 1.27 bits per heavy atom. The van der Waals surface area contributed by atoms with Crippen LogP contribution in [-0.2, 0) is 5.41 Å². The van der Waals surface area contributed by atoms with Crippen molar-refractivity contribution >= 4 is 0 Å². The molecule has 6 heterocycles. The fraction of sp³-hybridized carbons (Fsp3) is 0.125. The van der Waals surface area contributed by atoms with Crippen molar-refractivity contribution in [2.45, 2.75) is 32.4 Å². The van der Waals surface area contributed by atoms with Crippen molar-refractivity contribution in [3.05, 3.63) is 133 Å². The van der Waals surface area contributed by atoms with Crippen molar-refractivity contribution in [3.8, 4) is 73.8 Å². The largest absolute Gasteiger partial charge is 0.464 e. The SMILES string of the molecule is CC(C)(C)c1ccc([C@@H]2Oc3cc(-c4cnc(-c5ccc[nH]5)[nH]4)ccc3-c3cc(-c4ccc(-c5cnc(-c6ccc[nH]6)[nH]5)cc4)nn32)cc1. The zero-order chi connectivity index (χ0) is 33.1. The van der Waals surface area contributed by atoms with Crippen LogP contribution < -0.4 is 4.74 Å². The number of benzene rings is 3. The predicted molar refractivity (Wildman–Crippen MR) is 192 cm³/mol. The van der Waals surface area contributed by atoms with E-state index in [1.807, 2.05) is 53.7 Å². The van der Waals surface area contributed by atoms with Crippen molar-refractivity contribution in [1.29, 1.82) is 0 Å². The first-order chi connectivity index (χ1) is 23.9. The molecular weight excluding hydrogens is 608 g/mol. The molecule has 49 heavy (non-hydrogen) atoms. The topological polar surface area (TPSA) is 116 Å². The van der Waals surface area contributed by atoms with Gasteiger partial charge in [-0.2, -0.15) is 5.10 Å². The lowest BCUT2D eigenvalue weighted by molar-refractivity contribution is 0.154. The first-order valence-electron chi connectivity index (χ1n) is 16.4. The van der Waals surface area contributed by atoms with E-state index in [4.69, 9.17) is 9.84 Å². The predicted octanol–water partition coefficient (Wildman–Crippen LogP) is 9.22. The standard InChI is InChI=1S/C40H34N8O/c1-40(2,3)28-15-12-26(13-16-28)39-48-35(29-17-14-27(20-36(29)49-39)34-23-44-38(46-34)31-7-5-19-42-31)21-32(47-48)24-8-10-25(11-9-24)33-22-43-37(45-33)30-6-4-18-41-30/h4-23,39,41-42H,1-3H3,(H,43,45)(H,44,46)/t39-/m0/s1. The summed E-state index contributed by atoms with van der Waals surface area (Å²) in [6, 6.07) is 33.5. The minimum atomic E-state index is -0.438. The molecule has 0 fully saturated rings. The van der Waals surface area contributed by atoms with Crippen molar-refractivity contribution in [2.24, 2.45) is 0 Å². The van der Waals surface area contributed by atoms with Crippen LogP contribution in [0.2, 0.25) is 0 Å². The van der Waals surface area contributed by atoms with Crippen molar-refractivity contribution in [2.75, 3.05) is 0 Å². The van der Waals surface area contributed by atoms with Gasteiger partial charge in [0.25, 0.3) is 0 Å². The second-order valence-electron chi connectivity index (χ2n) is 13.4. The number of aromatic nitrogens is 8. The molecule has 4 N–H and O–H groups in total. The molecule has 8 aromatic rings. The van der Waals surface area contributed by atoms with Gasteiger partial charge in [0.2, 0.25) is 6.23 Å². The van der Waals surface area contributed by atoms with E-state index in [2.05, 4.69) is 123 Å². The summed E-state index contributed by atoms with van der Waals surface area (Å²) in [6.45, 7) is 6.68. The molecule has 9 heteroatoms. The van der Waals surface area contributed by atoms with Gasteiger partial charge in [0.1, 0.15) is 5.75 Å². The Bertz CT molecular complexity index is 2380. The Morgan fingerprint density at radius 1 is 0.653 bits per heavy atom. The van der Waals surface area contributed by atoms with Gasteiger partial charge in [0.05, 0.1) is 46.6 Å². The van der Waals surface area contributed by atoms with Gasteiger partial charge in [-0.1, -0.05) is 75.4 Å². The third-order valence-electron chi connectivity index (χ3n) is 9.18. The molecule has 0 saturated carbocycles. The summed E-state index contributed by atoms with van der Waals surface area (Å²) < 4.78 is 8.82. The number of rotatable bonds is 6. The minimum absolute atomic E-state index is 0.0480. The van der Waals surface area contributed by atoms with E-state index in [-0.39, 0.29) is 5.41 Å². The molecule has 1 aliphatic heterocycles. The fourth-order valence-electron chi connectivity index (χ4n) is 6.43. The second-order valence-corrected chi connectivity index (χ2v) is 13.4. The third-order valence-corrected chi connectivity index (χ3v) is 9.18. The van der Waals surface area contributed by atoms with Crippen LogP contribution in [-0.4, -0.2) is 39.7 Å². The number of hydrogen-bond acceptors (Lipinski definition) is 4. The zero-order valence-electron chi connectivity index (χ0n) is 27.3. The highest BCUT2D eigenvalue weighted by atomic mass is 16.5. The maximum absolute atomic E-state index is 6.82. The lowest BCUT2D eigenvalue weighted by Gasteiger charge is -2.29. The van der Waals surface area contributed by atoms with E-state index >= 15 is 0 Å². The molecule has 0 bridgehead atoms. The summed E-state index contributed by atoms with van der Waals surface area (Å²) in [5, 5.41) is 5.15. The summed E-state index contributed by atoms with van der Waals surface area (Å²) in [7, 11) is 0. The molecule has 0 unspecified atom stereocenters. The van der Waals surface area contributed by atoms with Crippen LogP contribution in [0.15, 0.2) is 122 Å². The molecule has 1 atom stereocenters. The highest BCUT2D eigenvalue weighted by Crippen LogP contribution is 2.44. The first kappa shape index (κ1) is 28.8.